The largest absolute Gasteiger partial charge is 0.480 e. The zero-order valence-corrected chi connectivity index (χ0v) is 15.1. The lowest BCUT2D eigenvalue weighted by atomic mass is 9.93. The molecule has 7 heteroatoms. The van der Waals surface area contributed by atoms with E-state index in [-0.39, 0.29) is 30.9 Å². The van der Waals surface area contributed by atoms with Crippen molar-refractivity contribution in [3.8, 4) is 0 Å². The van der Waals surface area contributed by atoms with Gasteiger partial charge in [0.25, 0.3) is 5.56 Å². The van der Waals surface area contributed by atoms with E-state index in [1.807, 2.05) is 24.3 Å². The first-order chi connectivity index (χ1) is 13.5. The zero-order chi connectivity index (χ0) is 19.7. The molecule has 4 rings (SSSR count). The number of benzene rings is 2. The number of amides is 1. The number of carbonyl (C=O) groups is 2. The molecule has 0 saturated carbocycles. The van der Waals surface area contributed by atoms with E-state index in [0.717, 1.165) is 11.1 Å². The lowest BCUT2D eigenvalue weighted by Crippen LogP contribution is -2.48. The van der Waals surface area contributed by atoms with E-state index in [0.29, 0.717) is 23.1 Å². The van der Waals surface area contributed by atoms with Gasteiger partial charge in [-0.1, -0.05) is 36.4 Å². The fourth-order valence-corrected chi connectivity index (χ4v) is 3.63. The van der Waals surface area contributed by atoms with Gasteiger partial charge in [-0.15, -0.1) is 0 Å². The van der Waals surface area contributed by atoms with Crippen LogP contribution in [0.4, 0.5) is 0 Å². The van der Waals surface area contributed by atoms with Crippen LogP contribution < -0.4 is 5.56 Å². The van der Waals surface area contributed by atoms with Gasteiger partial charge in [-0.05, 0) is 23.3 Å². The van der Waals surface area contributed by atoms with Crippen molar-refractivity contribution in [2.24, 2.45) is 0 Å². The van der Waals surface area contributed by atoms with Crippen LogP contribution in [0.2, 0.25) is 0 Å². The van der Waals surface area contributed by atoms with Gasteiger partial charge in [-0.25, -0.2) is 9.78 Å². The van der Waals surface area contributed by atoms with Crippen LogP contribution in [0.5, 0.6) is 0 Å². The Kier molecular flexibility index (Phi) is 4.65. The number of hydrogen-bond acceptors (Lipinski definition) is 4. The molecule has 3 aromatic rings. The van der Waals surface area contributed by atoms with Crippen molar-refractivity contribution in [3.63, 3.8) is 0 Å². The number of carboxylic acid groups (broad SMARTS) is 1. The molecule has 1 amide bonds. The van der Waals surface area contributed by atoms with Crippen LogP contribution in [0.3, 0.4) is 0 Å². The van der Waals surface area contributed by atoms with Gasteiger partial charge in [0.05, 0.1) is 10.9 Å². The molecule has 1 aromatic heterocycles. The number of H-pyrrole nitrogens is 1. The molecule has 0 fully saturated rings. The van der Waals surface area contributed by atoms with Crippen LogP contribution in [0.1, 0.15) is 23.4 Å². The average Bonchev–Trinajstić information content (AvgIpc) is 2.71. The number of carbonyl (C=O) groups excluding carboxylic acids is 1. The third kappa shape index (κ3) is 3.38. The minimum Gasteiger partial charge on any atom is -0.480 e. The summed E-state index contributed by atoms with van der Waals surface area (Å²) in [5.41, 5.74) is 2.25. The number of nitrogens with one attached hydrogen (secondary N) is 1. The van der Waals surface area contributed by atoms with Crippen molar-refractivity contribution >= 4 is 22.8 Å². The normalized spacial score (nSPS) is 16.0. The van der Waals surface area contributed by atoms with Gasteiger partial charge in [-0.3, -0.25) is 9.59 Å². The van der Waals surface area contributed by atoms with Crippen LogP contribution in [0.25, 0.3) is 10.9 Å². The van der Waals surface area contributed by atoms with E-state index < -0.39 is 12.0 Å². The monoisotopic (exact) mass is 377 g/mol. The number of carboxylic acids is 1. The Balaban J connectivity index is 1.53. The van der Waals surface area contributed by atoms with Crippen molar-refractivity contribution in [1.82, 2.24) is 14.9 Å². The summed E-state index contributed by atoms with van der Waals surface area (Å²) >= 11 is 0. The Morgan fingerprint density at radius 1 is 1.11 bits per heavy atom. The standard InChI is InChI=1S/C21H19N3O4/c25-19(10-9-18-22-16-8-4-3-7-15(16)20(26)23-18)24-12-14-6-2-1-5-13(14)11-17(24)21(27)28/h1-8,17H,9-12H2,(H,27,28)(H,22,23,26). The molecule has 0 aliphatic carbocycles. The molecule has 2 aromatic carbocycles. The third-order valence-corrected chi connectivity index (χ3v) is 5.09. The quantitative estimate of drug-likeness (QED) is 0.723. The summed E-state index contributed by atoms with van der Waals surface area (Å²) in [5, 5.41) is 10.1. The summed E-state index contributed by atoms with van der Waals surface area (Å²) in [6.07, 6.45) is 0.610. The Hall–Kier alpha value is -3.48. The Labute approximate surface area is 160 Å². The lowest BCUT2D eigenvalue weighted by molar-refractivity contribution is -0.151. The third-order valence-electron chi connectivity index (χ3n) is 5.09. The fourth-order valence-electron chi connectivity index (χ4n) is 3.63. The van der Waals surface area contributed by atoms with Gasteiger partial charge < -0.3 is 15.0 Å². The number of nitrogens with zero attached hydrogens (tertiary/aromatic N) is 2. The molecule has 1 unspecified atom stereocenters. The predicted octanol–water partition coefficient (Wildman–Crippen LogP) is 1.89. The first kappa shape index (κ1) is 17.9. The smallest absolute Gasteiger partial charge is 0.326 e. The molecule has 1 atom stereocenters. The number of rotatable bonds is 4. The van der Waals surface area contributed by atoms with E-state index in [1.165, 1.54) is 4.90 Å². The highest BCUT2D eigenvalue weighted by molar-refractivity contribution is 5.84. The van der Waals surface area contributed by atoms with Gasteiger partial charge in [0, 0.05) is 25.8 Å². The van der Waals surface area contributed by atoms with Gasteiger partial charge >= 0.3 is 5.97 Å². The maximum absolute atomic E-state index is 12.8. The van der Waals surface area contributed by atoms with Crippen molar-refractivity contribution in [1.29, 1.82) is 0 Å². The minimum absolute atomic E-state index is 0.0766. The Bertz CT molecular complexity index is 1120. The van der Waals surface area contributed by atoms with Crippen LogP contribution in [0.15, 0.2) is 53.3 Å². The van der Waals surface area contributed by atoms with E-state index in [9.17, 15) is 19.5 Å². The van der Waals surface area contributed by atoms with Crippen LogP contribution in [-0.4, -0.2) is 37.9 Å². The van der Waals surface area contributed by atoms with Gasteiger partial charge in [0.1, 0.15) is 11.9 Å². The molecular formula is C21H19N3O4. The maximum atomic E-state index is 12.8. The molecule has 2 N–H and O–H groups in total. The summed E-state index contributed by atoms with van der Waals surface area (Å²) in [4.78, 5) is 45.1. The molecule has 2 heterocycles. The Morgan fingerprint density at radius 3 is 2.61 bits per heavy atom. The van der Waals surface area contributed by atoms with Crippen molar-refractivity contribution in [2.45, 2.75) is 31.8 Å². The van der Waals surface area contributed by atoms with Gasteiger partial charge in [0.15, 0.2) is 0 Å². The SMILES string of the molecule is O=C(O)C1Cc2ccccc2CN1C(=O)CCc1nc2ccccc2c(=O)[nH]1. The highest BCUT2D eigenvalue weighted by atomic mass is 16.4. The zero-order valence-electron chi connectivity index (χ0n) is 15.1. The highest BCUT2D eigenvalue weighted by Crippen LogP contribution is 2.24. The van der Waals surface area contributed by atoms with Crippen LogP contribution in [-0.2, 0) is 29.0 Å². The molecule has 0 saturated heterocycles. The molecule has 1 aliphatic rings. The number of aromatic nitrogens is 2. The predicted molar refractivity (Wildman–Crippen MR) is 103 cm³/mol. The molecule has 0 bridgehead atoms. The van der Waals surface area contributed by atoms with E-state index in [4.69, 9.17) is 0 Å². The number of hydrogen-bond donors (Lipinski definition) is 2. The van der Waals surface area contributed by atoms with E-state index >= 15 is 0 Å². The molecule has 7 nitrogen and oxygen atoms in total. The molecular weight excluding hydrogens is 358 g/mol. The lowest BCUT2D eigenvalue weighted by Gasteiger charge is -2.34. The number of aryl methyl sites for hydroxylation is 1. The molecule has 28 heavy (non-hydrogen) atoms. The van der Waals surface area contributed by atoms with Crippen molar-refractivity contribution in [2.75, 3.05) is 0 Å². The number of fused-ring (bicyclic) bond motifs is 2. The number of aromatic amines is 1. The molecule has 142 valence electrons. The summed E-state index contributed by atoms with van der Waals surface area (Å²) in [5.74, 6) is -0.862. The Morgan fingerprint density at radius 2 is 1.82 bits per heavy atom. The second-order valence-corrected chi connectivity index (χ2v) is 6.88. The van der Waals surface area contributed by atoms with Gasteiger partial charge in [0.2, 0.25) is 5.91 Å². The van der Waals surface area contributed by atoms with Crippen molar-refractivity contribution < 1.29 is 14.7 Å². The maximum Gasteiger partial charge on any atom is 0.326 e. The number of para-hydroxylation sites is 1. The van der Waals surface area contributed by atoms with E-state index in [1.54, 1.807) is 24.3 Å². The summed E-state index contributed by atoms with van der Waals surface area (Å²) in [6.45, 7) is 0.271. The second-order valence-electron chi connectivity index (χ2n) is 6.88. The molecule has 0 radical (unpaired) electrons. The molecule has 1 aliphatic heterocycles. The first-order valence-electron chi connectivity index (χ1n) is 9.10. The summed E-state index contributed by atoms with van der Waals surface area (Å²) in [7, 11) is 0. The van der Waals surface area contributed by atoms with Crippen LogP contribution >= 0.6 is 0 Å². The van der Waals surface area contributed by atoms with Gasteiger partial charge in [-0.2, -0.15) is 0 Å². The average molecular weight is 377 g/mol. The first-order valence-corrected chi connectivity index (χ1v) is 9.10. The highest BCUT2D eigenvalue weighted by Gasteiger charge is 2.34. The summed E-state index contributed by atoms with van der Waals surface area (Å²) < 4.78 is 0. The second kappa shape index (κ2) is 7.26. The van der Waals surface area contributed by atoms with Crippen molar-refractivity contribution in [3.05, 3.63) is 75.8 Å². The molecule has 0 spiro atoms. The fraction of sp³-hybridized carbons (Fsp3) is 0.238. The van der Waals surface area contributed by atoms with E-state index in [2.05, 4.69) is 9.97 Å². The topological polar surface area (TPSA) is 103 Å². The number of aliphatic carboxylic acids is 1. The minimum atomic E-state index is -1.01. The summed E-state index contributed by atoms with van der Waals surface area (Å²) in [6, 6.07) is 13.7. The van der Waals surface area contributed by atoms with Crippen LogP contribution in [0, 0.1) is 0 Å².